The van der Waals surface area contributed by atoms with Crippen LogP contribution in [0.15, 0.2) is 4.79 Å². The van der Waals surface area contributed by atoms with Crippen LogP contribution in [0.1, 0.15) is 19.3 Å². The Morgan fingerprint density at radius 2 is 2.20 bits per heavy atom. The Bertz CT molecular complexity index is 504. The predicted molar refractivity (Wildman–Crippen MR) is 76.6 cm³/mol. The topological polar surface area (TPSA) is 128 Å². The number of fused-ring (bicyclic) bond motifs is 1. The molecular formula is C12H21N5O3. The molecule has 0 amide bonds. The summed E-state index contributed by atoms with van der Waals surface area (Å²) in [6, 6.07) is 0. The Labute approximate surface area is 116 Å². The molecule has 0 aliphatic carbocycles. The van der Waals surface area contributed by atoms with E-state index in [9.17, 15) is 9.90 Å². The molecule has 20 heavy (non-hydrogen) atoms. The Kier molecular flexibility index (Phi) is 4.80. The van der Waals surface area contributed by atoms with Gasteiger partial charge in [0.05, 0.1) is 6.67 Å². The number of aliphatic hydroxyl groups is 2. The molecule has 2 rings (SSSR count). The first kappa shape index (κ1) is 14.6. The van der Waals surface area contributed by atoms with Gasteiger partial charge in [-0.25, -0.2) is 0 Å². The molecule has 0 bridgehead atoms. The number of nitrogens with one attached hydrogen (secondary N) is 2. The van der Waals surface area contributed by atoms with Gasteiger partial charge in [0.1, 0.15) is 5.69 Å². The average molecular weight is 283 g/mol. The number of hydrogen-bond acceptors (Lipinski definition) is 7. The lowest BCUT2D eigenvalue weighted by Gasteiger charge is -2.20. The quantitative estimate of drug-likeness (QED) is 0.448. The molecule has 1 aliphatic heterocycles. The molecule has 1 unspecified atom stereocenters. The summed E-state index contributed by atoms with van der Waals surface area (Å²) in [5.41, 5.74) is 5.72. The fourth-order valence-electron chi connectivity index (χ4n) is 2.35. The van der Waals surface area contributed by atoms with Gasteiger partial charge in [0.2, 0.25) is 5.95 Å². The number of H-pyrrole nitrogens is 1. The molecule has 0 saturated heterocycles. The van der Waals surface area contributed by atoms with E-state index in [0.29, 0.717) is 31.1 Å². The highest BCUT2D eigenvalue weighted by atomic mass is 16.3. The summed E-state index contributed by atoms with van der Waals surface area (Å²) in [5, 5.41) is 21.1. The second kappa shape index (κ2) is 6.58. The molecule has 8 heteroatoms. The van der Waals surface area contributed by atoms with Gasteiger partial charge in [-0.15, -0.1) is 0 Å². The van der Waals surface area contributed by atoms with Crippen LogP contribution >= 0.6 is 0 Å². The molecule has 1 aromatic heterocycles. The maximum absolute atomic E-state index is 11.7. The van der Waals surface area contributed by atoms with Crippen LogP contribution < -0.4 is 21.5 Å². The van der Waals surface area contributed by atoms with E-state index in [2.05, 4.69) is 15.3 Å². The average Bonchev–Trinajstić information content (AvgIpc) is 2.82. The van der Waals surface area contributed by atoms with E-state index in [1.807, 2.05) is 4.90 Å². The van der Waals surface area contributed by atoms with Crippen molar-refractivity contribution in [1.29, 1.82) is 0 Å². The standard InChI is InChI=1S/C12H21N5O3/c13-12-15-10-9(11(20)16-12)14-7-17(10)4-3-8(6-19)2-1-5-18/h8,14,18-19H,1-7H2,(H3,13,15,16,20). The third-order valence-electron chi connectivity index (χ3n) is 3.50. The predicted octanol–water partition coefficient (Wildman–Crippen LogP) is -0.687. The third kappa shape index (κ3) is 3.20. The minimum Gasteiger partial charge on any atom is -0.396 e. The maximum atomic E-state index is 11.7. The number of rotatable bonds is 7. The minimum absolute atomic E-state index is 0.0963. The van der Waals surface area contributed by atoms with Crippen molar-refractivity contribution < 1.29 is 10.2 Å². The van der Waals surface area contributed by atoms with Gasteiger partial charge in [-0.1, -0.05) is 0 Å². The van der Waals surface area contributed by atoms with Crippen LogP contribution in [0.5, 0.6) is 0 Å². The van der Waals surface area contributed by atoms with E-state index in [1.165, 1.54) is 0 Å². The first-order valence-corrected chi connectivity index (χ1v) is 6.76. The Morgan fingerprint density at radius 3 is 2.90 bits per heavy atom. The largest absolute Gasteiger partial charge is 0.396 e. The summed E-state index contributed by atoms with van der Waals surface area (Å²) < 4.78 is 0. The zero-order valence-corrected chi connectivity index (χ0v) is 11.3. The molecule has 0 spiro atoms. The van der Waals surface area contributed by atoms with Crippen molar-refractivity contribution in [2.24, 2.45) is 5.92 Å². The Morgan fingerprint density at radius 1 is 1.40 bits per heavy atom. The number of aliphatic hydroxyl groups excluding tert-OH is 2. The van der Waals surface area contributed by atoms with Gasteiger partial charge in [-0.05, 0) is 25.2 Å². The van der Waals surface area contributed by atoms with Crippen LogP contribution in [-0.4, -0.2) is 46.6 Å². The molecule has 0 saturated carbocycles. The van der Waals surface area contributed by atoms with Gasteiger partial charge in [-0.3, -0.25) is 9.78 Å². The van der Waals surface area contributed by atoms with Crippen LogP contribution in [-0.2, 0) is 0 Å². The second-order valence-corrected chi connectivity index (χ2v) is 4.95. The van der Waals surface area contributed by atoms with Gasteiger partial charge in [0, 0.05) is 19.8 Å². The smallest absolute Gasteiger partial charge is 0.277 e. The van der Waals surface area contributed by atoms with Crippen molar-refractivity contribution in [1.82, 2.24) is 9.97 Å². The summed E-state index contributed by atoms with van der Waals surface area (Å²) in [4.78, 5) is 20.2. The molecule has 1 atom stereocenters. The van der Waals surface area contributed by atoms with Crippen LogP contribution in [0.25, 0.3) is 0 Å². The van der Waals surface area contributed by atoms with Crippen LogP contribution in [0, 0.1) is 5.92 Å². The Hall–Kier alpha value is -1.80. The zero-order valence-electron chi connectivity index (χ0n) is 11.3. The highest BCUT2D eigenvalue weighted by Gasteiger charge is 2.24. The first-order valence-electron chi connectivity index (χ1n) is 6.76. The molecule has 2 heterocycles. The molecule has 0 fully saturated rings. The van der Waals surface area contributed by atoms with E-state index in [0.717, 1.165) is 12.8 Å². The van der Waals surface area contributed by atoms with Gasteiger partial charge in [0.15, 0.2) is 5.82 Å². The van der Waals surface area contributed by atoms with E-state index >= 15 is 0 Å². The number of nitrogens with two attached hydrogens (primary N) is 1. The van der Waals surface area contributed by atoms with Crippen molar-refractivity contribution in [3.8, 4) is 0 Å². The number of anilines is 3. The minimum atomic E-state index is -0.269. The lowest BCUT2D eigenvalue weighted by atomic mass is 10.0. The molecule has 0 aromatic carbocycles. The van der Waals surface area contributed by atoms with Gasteiger partial charge in [0.25, 0.3) is 5.56 Å². The SMILES string of the molecule is Nc1nc2c(c(=O)[nH]1)NCN2CCC(CO)CCCO. The molecule has 0 radical (unpaired) electrons. The number of aromatic nitrogens is 2. The monoisotopic (exact) mass is 283 g/mol. The van der Waals surface area contributed by atoms with Gasteiger partial charge in [-0.2, -0.15) is 4.98 Å². The Balaban J connectivity index is 1.98. The van der Waals surface area contributed by atoms with Crippen LogP contribution in [0.3, 0.4) is 0 Å². The van der Waals surface area contributed by atoms with Crippen molar-refractivity contribution in [3.05, 3.63) is 10.4 Å². The van der Waals surface area contributed by atoms with Crippen LogP contribution in [0.4, 0.5) is 17.5 Å². The van der Waals surface area contributed by atoms with Crippen molar-refractivity contribution >= 4 is 17.5 Å². The fraction of sp³-hybridized carbons (Fsp3) is 0.667. The lowest BCUT2D eigenvalue weighted by Crippen LogP contribution is -2.27. The molecule has 1 aliphatic rings. The maximum Gasteiger partial charge on any atom is 0.277 e. The van der Waals surface area contributed by atoms with Gasteiger partial charge < -0.3 is 26.2 Å². The van der Waals surface area contributed by atoms with E-state index < -0.39 is 0 Å². The molecular weight excluding hydrogens is 262 g/mol. The van der Waals surface area contributed by atoms with Crippen molar-refractivity contribution in [3.63, 3.8) is 0 Å². The number of hydrogen-bond donors (Lipinski definition) is 5. The van der Waals surface area contributed by atoms with Crippen molar-refractivity contribution in [2.75, 3.05) is 42.4 Å². The summed E-state index contributed by atoms with van der Waals surface area (Å²) in [6.07, 6.45) is 2.24. The zero-order chi connectivity index (χ0) is 14.5. The summed E-state index contributed by atoms with van der Waals surface area (Å²) in [6.45, 7) is 1.41. The third-order valence-corrected chi connectivity index (χ3v) is 3.50. The fourth-order valence-corrected chi connectivity index (χ4v) is 2.35. The molecule has 8 nitrogen and oxygen atoms in total. The summed E-state index contributed by atoms with van der Waals surface area (Å²) in [5.74, 6) is 0.803. The molecule has 1 aromatic rings. The summed E-state index contributed by atoms with van der Waals surface area (Å²) in [7, 11) is 0. The highest BCUT2D eigenvalue weighted by molar-refractivity contribution is 5.70. The number of nitrogens with zero attached hydrogens (tertiary/aromatic N) is 2. The number of aromatic amines is 1. The van der Waals surface area contributed by atoms with E-state index in [1.54, 1.807) is 0 Å². The van der Waals surface area contributed by atoms with E-state index in [4.69, 9.17) is 10.8 Å². The normalized spacial score (nSPS) is 15.0. The second-order valence-electron chi connectivity index (χ2n) is 4.95. The van der Waals surface area contributed by atoms with Crippen LogP contribution in [0.2, 0.25) is 0 Å². The van der Waals surface area contributed by atoms with Crippen molar-refractivity contribution in [2.45, 2.75) is 19.3 Å². The number of nitrogen functional groups attached to an aromatic ring is 1. The molecule has 6 N–H and O–H groups in total. The summed E-state index contributed by atoms with van der Waals surface area (Å²) >= 11 is 0. The first-order chi connectivity index (χ1) is 9.65. The van der Waals surface area contributed by atoms with E-state index in [-0.39, 0.29) is 30.6 Å². The molecule has 112 valence electrons. The lowest BCUT2D eigenvalue weighted by molar-refractivity contribution is 0.195. The van der Waals surface area contributed by atoms with Gasteiger partial charge >= 0.3 is 0 Å². The highest BCUT2D eigenvalue weighted by Crippen LogP contribution is 2.26.